The second-order valence-electron chi connectivity index (χ2n) is 4.35. The van der Waals surface area contributed by atoms with Crippen LogP contribution >= 0.6 is 23.1 Å². The standard InChI is InChI=1S/C16H15N3S2/c1-2-17-13-11-14(21-15-9-6-10-20-15)19-16(18-13)12-7-4-3-5-8-12/h3-11H,2H2,1H3,(H,17,18,19). The lowest BCUT2D eigenvalue weighted by Crippen LogP contribution is -2.02. The molecule has 0 bridgehead atoms. The SMILES string of the molecule is CCNc1cc(Sc2cccs2)nc(-c2ccccc2)n1. The fraction of sp³-hybridized carbons (Fsp3) is 0.125. The van der Waals surface area contributed by atoms with Crippen molar-refractivity contribution in [1.29, 1.82) is 0 Å². The van der Waals surface area contributed by atoms with Crippen LogP contribution in [0.5, 0.6) is 0 Å². The Bertz CT molecular complexity index is 697. The molecule has 0 aliphatic rings. The van der Waals surface area contributed by atoms with Crippen LogP contribution in [0.4, 0.5) is 5.82 Å². The van der Waals surface area contributed by atoms with Gasteiger partial charge in [-0.05, 0) is 18.4 Å². The molecule has 2 aromatic heterocycles. The van der Waals surface area contributed by atoms with E-state index >= 15 is 0 Å². The Hall–Kier alpha value is -1.85. The number of benzene rings is 1. The molecule has 0 radical (unpaired) electrons. The molecule has 0 amide bonds. The maximum absolute atomic E-state index is 4.68. The van der Waals surface area contributed by atoms with E-state index < -0.39 is 0 Å². The van der Waals surface area contributed by atoms with Crippen molar-refractivity contribution >= 4 is 28.9 Å². The third-order valence-electron chi connectivity index (χ3n) is 2.79. The van der Waals surface area contributed by atoms with Gasteiger partial charge in [-0.25, -0.2) is 9.97 Å². The van der Waals surface area contributed by atoms with Crippen LogP contribution in [0.1, 0.15) is 6.92 Å². The maximum atomic E-state index is 4.68. The first-order valence-electron chi connectivity index (χ1n) is 6.75. The Morgan fingerprint density at radius 1 is 1.10 bits per heavy atom. The van der Waals surface area contributed by atoms with E-state index in [-0.39, 0.29) is 0 Å². The largest absolute Gasteiger partial charge is 0.370 e. The second kappa shape index (κ2) is 6.74. The van der Waals surface area contributed by atoms with Gasteiger partial charge in [0, 0.05) is 18.2 Å². The average Bonchev–Trinajstić information content (AvgIpc) is 3.01. The van der Waals surface area contributed by atoms with Crippen molar-refractivity contribution in [1.82, 2.24) is 9.97 Å². The van der Waals surface area contributed by atoms with Gasteiger partial charge in [0.25, 0.3) is 0 Å². The minimum atomic E-state index is 0.758. The summed E-state index contributed by atoms with van der Waals surface area (Å²) >= 11 is 3.39. The molecule has 3 aromatic rings. The van der Waals surface area contributed by atoms with Gasteiger partial charge in [-0.3, -0.25) is 0 Å². The van der Waals surface area contributed by atoms with E-state index in [0.29, 0.717) is 0 Å². The molecule has 106 valence electrons. The van der Waals surface area contributed by atoms with Crippen molar-refractivity contribution in [3.05, 3.63) is 53.9 Å². The van der Waals surface area contributed by atoms with Crippen molar-refractivity contribution in [2.75, 3.05) is 11.9 Å². The highest BCUT2D eigenvalue weighted by atomic mass is 32.2. The number of thiophene rings is 1. The Kier molecular flexibility index (Phi) is 4.52. The molecule has 1 aromatic carbocycles. The summed E-state index contributed by atoms with van der Waals surface area (Å²) in [5, 5.41) is 6.31. The predicted octanol–water partition coefficient (Wildman–Crippen LogP) is 4.79. The lowest BCUT2D eigenvalue weighted by molar-refractivity contribution is 1.04. The zero-order valence-electron chi connectivity index (χ0n) is 11.6. The summed E-state index contributed by atoms with van der Waals surface area (Å²) < 4.78 is 1.23. The summed E-state index contributed by atoms with van der Waals surface area (Å²) in [7, 11) is 0. The molecule has 0 saturated heterocycles. The number of nitrogens with one attached hydrogen (secondary N) is 1. The number of hydrogen-bond acceptors (Lipinski definition) is 5. The molecular weight excluding hydrogens is 298 g/mol. The van der Waals surface area contributed by atoms with Crippen LogP contribution in [0.3, 0.4) is 0 Å². The summed E-state index contributed by atoms with van der Waals surface area (Å²) in [6.45, 7) is 2.91. The summed E-state index contributed by atoms with van der Waals surface area (Å²) in [5.41, 5.74) is 1.03. The van der Waals surface area contributed by atoms with E-state index in [0.717, 1.165) is 28.8 Å². The molecule has 0 saturated carbocycles. The van der Waals surface area contributed by atoms with Crippen LogP contribution in [-0.4, -0.2) is 16.5 Å². The highest BCUT2D eigenvalue weighted by Crippen LogP contribution is 2.32. The third-order valence-corrected chi connectivity index (χ3v) is 4.75. The molecule has 0 spiro atoms. The van der Waals surface area contributed by atoms with E-state index in [1.54, 1.807) is 23.1 Å². The van der Waals surface area contributed by atoms with Gasteiger partial charge in [0.1, 0.15) is 10.8 Å². The van der Waals surface area contributed by atoms with Gasteiger partial charge in [0.2, 0.25) is 0 Å². The van der Waals surface area contributed by atoms with Crippen molar-refractivity contribution in [3.8, 4) is 11.4 Å². The molecule has 0 unspecified atom stereocenters. The summed E-state index contributed by atoms with van der Waals surface area (Å²) in [4.78, 5) is 9.27. The summed E-state index contributed by atoms with van der Waals surface area (Å²) in [6, 6.07) is 16.2. The molecule has 1 N–H and O–H groups in total. The molecular formula is C16H15N3S2. The number of hydrogen-bond donors (Lipinski definition) is 1. The predicted molar refractivity (Wildman–Crippen MR) is 90.1 cm³/mol. The van der Waals surface area contributed by atoms with Crippen LogP contribution in [0.15, 0.2) is 63.1 Å². The Morgan fingerprint density at radius 2 is 1.95 bits per heavy atom. The summed E-state index contributed by atoms with van der Waals surface area (Å²) in [5.74, 6) is 1.62. The average molecular weight is 313 g/mol. The maximum Gasteiger partial charge on any atom is 0.162 e. The number of aromatic nitrogens is 2. The van der Waals surface area contributed by atoms with Gasteiger partial charge in [-0.15, -0.1) is 11.3 Å². The molecule has 2 heterocycles. The van der Waals surface area contributed by atoms with Crippen LogP contribution in [0.2, 0.25) is 0 Å². The van der Waals surface area contributed by atoms with E-state index in [9.17, 15) is 0 Å². The summed E-state index contributed by atoms with van der Waals surface area (Å²) in [6.07, 6.45) is 0. The van der Waals surface area contributed by atoms with Crippen LogP contribution in [-0.2, 0) is 0 Å². The molecule has 0 aliphatic carbocycles. The first-order chi connectivity index (χ1) is 10.3. The van der Waals surface area contributed by atoms with Crippen LogP contribution in [0.25, 0.3) is 11.4 Å². The number of nitrogens with zero attached hydrogens (tertiary/aromatic N) is 2. The van der Waals surface area contributed by atoms with Crippen molar-refractivity contribution < 1.29 is 0 Å². The van der Waals surface area contributed by atoms with E-state index in [1.165, 1.54) is 4.21 Å². The van der Waals surface area contributed by atoms with Crippen LogP contribution in [0, 0.1) is 0 Å². The van der Waals surface area contributed by atoms with E-state index in [1.807, 2.05) is 36.4 Å². The minimum absolute atomic E-state index is 0.758. The zero-order valence-corrected chi connectivity index (χ0v) is 13.2. The van der Waals surface area contributed by atoms with Crippen LogP contribution < -0.4 is 5.32 Å². The normalized spacial score (nSPS) is 10.5. The molecule has 0 atom stereocenters. The first-order valence-corrected chi connectivity index (χ1v) is 8.44. The van der Waals surface area contributed by atoms with Gasteiger partial charge in [-0.1, -0.05) is 48.2 Å². The smallest absolute Gasteiger partial charge is 0.162 e. The van der Waals surface area contributed by atoms with Gasteiger partial charge in [-0.2, -0.15) is 0 Å². The van der Waals surface area contributed by atoms with Crippen molar-refractivity contribution in [2.45, 2.75) is 16.2 Å². The van der Waals surface area contributed by atoms with Gasteiger partial charge in [0.15, 0.2) is 5.82 Å². The van der Waals surface area contributed by atoms with Gasteiger partial charge in [0.05, 0.1) is 4.21 Å². The Labute approximate surface area is 132 Å². The topological polar surface area (TPSA) is 37.8 Å². The molecule has 21 heavy (non-hydrogen) atoms. The fourth-order valence-electron chi connectivity index (χ4n) is 1.89. The highest BCUT2D eigenvalue weighted by molar-refractivity contribution is 8.01. The third kappa shape index (κ3) is 3.62. The first kappa shape index (κ1) is 14.1. The minimum Gasteiger partial charge on any atom is -0.370 e. The number of anilines is 1. The monoisotopic (exact) mass is 313 g/mol. The van der Waals surface area contributed by atoms with Gasteiger partial charge >= 0.3 is 0 Å². The van der Waals surface area contributed by atoms with E-state index in [4.69, 9.17) is 0 Å². The lowest BCUT2D eigenvalue weighted by Gasteiger charge is -2.08. The highest BCUT2D eigenvalue weighted by Gasteiger charge is 2.08. The fourth-order valence-corrected chi connectivity index (χ4v) is 3.61. The Morgan fingerprint density at radius 3 is 2.67 bits per heavy atom. The zero-order chi connectivity index (χ0) is 14.5. The van der Waals surface area contributed by atoms with E-state index in [2.05, 4.69) is 39.7 Å². The molecule has 3 nitrogen and oxygen atoms in total. The lowest BCUT2D eigenvalue weighted by atomic mass is 10.2. The molecule has 5 heteroatoms. The molecule has 0 fully saturated rings. The second-order valence-corrected chi connectivity index (χ2v) is 6.61. The Balaban J connectivity index is 1.97. The quantitative estimate of drug-likeness (QED) is 0.687. The van der Waals surface area contributed by atoms with Crippen molar-refractivity contribution in [3.63, 3.8) is 0 Å². The number of rotatable bonds is 5. The molecule has 3 rings (SSSR count). The van der Waals surface area contributed by atoms with Gasteiger partial charge < -0.3 is 5.32 Å². The molecule has 0 aliphatic heterocycles. The van der Waals surface area contributed by atoms with Crippen molar-refractivity contribution in [2.24, 2.45) is 0 Å².